The molecule has 0 bridgehead atoms. The lowest BCUT2D eigenvalue weighted by Crippen LogP contribution is -2.48. The van der Waals surface area contributed by atoms with E-state index in [0.717, 1.165) is 25.8 Å². The van der Waals surface area contributed by atoms with Crippen LogP contribution in [-0.2, 0) is 9.59 Å². The summed E-state index contributed by atoms with van der Waals surface area (Å²) in [5, 5.41) is 3.47. The number of carbonyl (C=O) groups excluding carboxylic acids is 2. The van der Waals surface area contributed by atoms with Gasteiger partial charge in [-0.2, -0.15) is 0 Å². The zero-order chi connectivity index (χ0) is 13.3. The molecule has 1 heterocycles. The van der Waals surface area contributed by atoms with E-state index in [-0.39, 0.29) is 29.7 Å². The molecule has 102 valence electrons. The highest BCUT2D eigenvalue weighted by molar-refractivity contribution is 6.08. The predicted molar refractivity (Wildman–Crippen MR) is 69.9 cm³/mol. The largest absolute Gasteiger partial charge is 0.312 e. The van der Waals surface area contributed by atoms with Crippen LogP contribution in [0.15, 0.2) is 0 Å². The van der Waals surface area contributed by atoms with Gasteiger partial charge in [-0.3, -0.25) is 14.5 Å². The molecule has 0 aromatic rings. The molecule has 0 radical (unpaired) electrons. The van der Waals surface area contributed by atoms with Gasteiger partial charge in [-0.1, -0.05) is 27.2 Å². The summed E-state index contributed by atoms with van der Waals surface area (Å²) in [6.45, 7) is 7.95. The lowest BCUT2D eigenvalue weighted by molar-refractivity contribution is -0.141. The van der Waals surface area contributed by atoms with Crippen molar-refractivity contribution in [1.29, 1.82) is 0 Å². The second-order valence-corrected chi connectivity index (χ2v) is 5.68. The Morgan fingerprint density at radius 1 is 1.28 bits per heavy atom. The standard InChI is InChI=1S/C14H24N2O2/c1-4-6-15-12(9(3)5-2)8-16-13(17)10-7-11(10)14(16)18/h9-12,15H,4-8H2,1-3H3. The van der Waals surface area contributed by atoms with Crippen molar-refractivity contribution in [2.45, 2.75) is 46.1 Å². The fourth-order valence-electron chi connectivity index (χ4n) is 2.69. The van der Waals surface area contributed by atoms with E-state index < -0.39 is 0 Å². The minimum absolute atomic E-state index is 0.0289. The van der Waals surface area contributed by atoms with Gasteiger partial charge in [0.2, 0.25) is 11.8 Å². The van der Waals surface area contributed by atoms with Crippen molar-refractivity contribution in [1.82, 2.24) is 10.2 Å². The van der Waals surface area contributed by atoms with E-state index >= 15 is 0 Å². The fraction of sp³-hybridized carbons (Fsp3) is 0.857. The Morgan fingerprint density at radius 2 is 1.89 bits per heavy atom. The van der Waals surface area contributed by atoms with Gasteiger partial charge in [-0.05, 0) is 25.3 Å². The van der Waals surface area contributed by atoms with Crippen LogP contribution >= 0.6 is 0 Å². The van der Waals surface area contributed by atoms with Crippen molar-refractivity contribution in [3.05, 3.63) is 0 Å². The Labute approximate surface area is 109 Å². The van der Waals surface area contributed by atoms with Crippen molar-refractivity contribution in [2.75, 3.05) is 13.1 Å². The Kier molecular flexibility index (Phi) is 4.05. The third-order valence-corrected chi connectivity index (χ3v) is 4.32. The average molecular weight is 252 g/mol. The Balaban J connectivity index is 1.95. The number of carbonyl (C=O) groups is 2. The minimum atomic E-state index is 0.0289. The van der Waals surface area contributed by atoms with Gasteiger partial charge in [0, 0.05) is 12.6 Å². The fourth-order valence-corrected chi connectivity index (χ4v) is 2.69. The number of hydrogen-bond acceptors (Lipinski definition) is 3. The van der Waals surface area contributed by atoms with Gasteiger partial charge in [-0.15, -0.1) is 0 Å². The summed E-state index contributed by atoms with van der Waals surface area (Å²) in [6.07, 6.45) is 2.93. The van der Waals surface area contributed by atoms with Gasteiger partial charge in [-0.25, -0.2) is 0 Å². The van der Waals surface area contributed by atoms with Crippen LogP contribution in [0, 0.1) is 17.8 Å². The molecule has 1 aliphatic heterocycles. The second kappa shape index (κ2) is 5.39. The van der Waals surface area contributed by atoms with E-state index in [0.29, 0.717) is 12.5 Å². The summed E-state index contributed by atoms with van der Waals surface area (Å²) in [6, 6.07) is 0.236. The average Bonchev–Trinajstić information content (AvgIpc) is 3.12. The van der Waals surface area contributed by atoms with Crippen LogP contribution in [0.2, 0.25) is 0 Å². The zero-order valence-electron chi connectivity index (χ0n) is 11.6. The van der Waals surface area contributed by atoms with Gasteiger partial charge in [0.05, 0.1) is 11.8 Å². The molecule has 0 aromatic heterocycles. The van der Waals surface area contributed by atoms with E-state index in [9.17, 15) is 9.59 Å². The van der Waals surface area contributed by atoms with E-state index in [1.807, 2.05) is 0 Å². The van der Waals surface area contributed by atoms with Crippen LogP contribution in [0.1, 0.15) is 40.0 Å². The molecule has 4 unspecified atom stereocenters. The quantitative estimate of drug-likeness (QED) is 0.697. The van der Waals surface area contributed by atoms with Crippen molar-refractivity contribution in [3.8, 4) is 0 Å². The SMILES string of the molecule is CCCNC(CN1C(=O)C2CC2C1=O)C(C)CC. The topological polar surface area (TPSA) is 49.4 Å². The number of nitrogens with one attached hydrogen (secondary N) is 1. The van der Waals surface area contributed by atoms with Gasteiger partial charge in [0.15, 0.2) is 0 Å². The smallest absolute Gasteiger partial charge is 0.233 e. The first kappa shape index (κ1) is 13.5. The molecular formula is C14H24N2O2. The number of piperidine rings is 1. The Bertz CT molecular complexity index is 323. The highest BCUT2D eigenvalue weighted by Gasteiger charge is 2.58. The van der Waals surface area contributed by atoms with E-state index in [2.05, 4.69) is 26.1 Å². The zero-order valence-corrected chi connectivity index (χ0v) is 11.6. The first-order valence-electron chi connectivity index (χ1n) is 7.18. The van der Waals surface area contributed by atoms with E-state index in [1.165, 1.54) is 4.90 Å². The van der Waals surface area contributed by atoms with Crippen molar-refractivity contribution in [3.63, 3.8) is 0 Å². The van der Waals surface area contributed by atoms with Crippen LogP contribution < -0.4 is 5.32 Å². The number of likely N-dealkylation sites (tertiary alicyclic amines) is 1. The van der Waals surface area contributed by atoms with Gasteiger partial charge >= 0.3 is 0 Å². The first-order valence-corrected chi connectivity index (χ1v) is 7.18. The summed E-state index contributed by atoms with van der Waals surface area (Å²) in [5.41, 5.74) is 0. The lowest BCUT2D eigenvalue weighted by Gasteiger charge is -2.28. The van der Waals surface area contributed by atoms with Crippen molar-refractivity contribution >= 4 is 11.8 Å². The van der Waals surface area contributed by atoms with E-state index in [4.69, 9.17) is 0 Å². The highest BCUT2D eigenvalue weighted by Crippen LogP contribution is 2.47. The Hall–Kier alpha value is -0.900. The lowest BCUT2D eigenvalue weighted by atomic mass is 9.98. The maximum atomic E-state index is 12.0. The molecule has 1 saturated heterocycles. The maximum absolute atomic E-state index is 12.0. The van der Waals surface area contributed by atoms with Crippen LogP contribution in [0.4, 0.5) is 0 Å². The maximum Gasteiger partial charge on any atom is 0.233 e. The molecule has 1 saturated carbocycles. The molecule has 18 heavy (non-hydrogen) atoms. The normalized spacial score (nSPS) is 29.4. The van der Waals surface area contributed by atoms with Crippen LogP contribution in [-0.4, -0.2) is 35.8 Å². The number of amides is 2. The second-order valence-electron chi connectivity index (χ2n) is 5.68. The van der Waals surface area contributed by atoms with Gasteiger partial charge < -0.3 is 5.32 Å². The molecule has 2 rings (SSSR count). The van der Waals surface area contributed by atoms with Crippen LogP contribution in [0.25, 0.3) is 0 Å². The molecule has 1 aliphatic carbocycles. The number of rotatable bonds is 7. The van der Waals surface area contributed by atoms with Gasteiger partial charge in [0.25, 0.3) is 0 Å². The summed E-state index contributed by atoms with van der Waals surface area (Å²) < 4.78 is 0. The minimum Gasteiger partial charge on any atom is -0.312 e. The number of hydrogen-bond donors (Lipinski definition) is 1. The highest BCUT2D eigenvalue weighted by atomic mass is 16.2. The number of fused-ring (bicyclic) bond motifs is 1. The summed E-state index contributed by atoms with van der Waals surface area (Å²) >= 11 is 0. The molecule has 0 aromatic carbocycles. The molecule has 2 aliphatic rings. The summed E-state index contributed by atoms with van der Waals surface area (Å²) in [7, 11) is 0. The van der Waals surface area contributed by atoms with E-state index in [1.54, 1.807) is 0 Å². The number of nitrogens with zero attached hydrogens (tertiary/aromatic N) is 1. The third-order valence-electron chi connectivity index (χ3n) is 4.32. The first-order chi connectivity index (χ1) is 8.60. The molecule has 1 N–H and O–H groups in total. The molecule has 4 heteroatoms. The summed E-state index contributed by atoms with van der Waals surface area (Å²) in [4.78, 5) is 25.4. The van der Waals surface area contributed by atoms with Crippen LogP contribution in [0.5, 0.6) is 0 Å². The molecule has 2 fully saturated rings. The molecule has 4 atom stereocenters. The monoisotopic (exact) mass is 252 g/mol. The predicted octanol–water partition coefficient (Wildman–Crippen LogP) is 1.41. The number of imide groups is 1. The van der Waals surface area contributed by atoms with Gasteiger partial charge in [0.1, 0.15) is 0 Å². The molecule has 4 nitrogen and oxygen atoms in total. The summed E-state index contributed by atoms with van der Waals surface area (Å²) in [5.74, 6) is 0.671. The van der Waals surface area contributed by atoms with Crippen molar-refractivity contribution in [2.24, 2.45) is 17.8 Å². The Morgan fingerprint density at radius 3 is 2.39 bits per heavy atom. The molecular weight excluding hydrogens is 228 g/mol. The third kappa shape index (κ3) is 2.44. The van der Waals surface area contributed by atoms with Crippen molar-refractivity contribution < 1.29 is 9.59 Å². The molecule has 2 amide bonds. The molecule has 0 spiro atoms. The van der Waals surface area contributed by atoms with Crippen LogP contribution in [0.3, 0.4) is 0 Å².